The maximum Gasteiger partial charge on any atom is 0.329 e. The topological polar surface area (TPSA) is 119 Å². The molecule has 0 bridgehead atoms. The lowest BCUT2D eigenvalue weighted by molar-refractivity contribution is -0.384. The van der Waals surface area contributed by atoms with Crippen molar-refractivity contribution in [1.29, 1.82) is 0 Å². The zero-order valence-electron chi connectivity index (χ0n) is 15.6. The normalized spacial score (nSPS) is 16.9. The van der Waals surface area contributed by atoms with E-state index in [1.165, 1.54) is 47.4 Å². The third-order valence-electron chi connectivity index (χ3n) is 4.50. The minimum Gasteiger partial charge on any atom is -0.451 e. The molecule has 3 rings (SSSR count). The Kier molecular flexibility index (Phi) is 6.23. The Morgan fingerprint density at radius 3 is 2.79 bits per heavy atom. The van der Waals surface area contributed by atoms with E-state index in [1.807, 2.05) is 0 Å². The van der Waals surface area contributed by atoms with Crippen molar-refractivity contribution < 1.29 is 24.0 Å². The fourth-order valence-corrected chi connectivity index (χ4v) is 3.72. The van der Waals surface area contributed by atoms with Gasteiger partial charge >= 0.3 is 5.97 Å². The van der Waals surface area contributed by atoms with Crippen molar-refractivity contribution in [3.8, 4) is 0 Å². The predicted molar refractivity (Wildman–Crippen MR) is 106 cm³/mol. The maximum atomic E-state index is 12.6. The van der Waals surface area contributed by atoms with Gasteiger partial charge in [0.05, 0.1) is 9.80 Å². The first-order valence-corrected chi connectivity index (χ1v) is 9.85. The van der Waals surface area contributed by atoms with E-state index in [0.29, 0.717) is 24.3 Å². The van der Waals surface area contributed by atoms with Crippen LogP contribution in [0.1, 0.15) is 29.4 Å². The second-order valence-corrected chi connectivity index (χ2v) is 7.46. The maximum absolute atomic E-state index is 12.6. The molecule has 2 heterocycles. The number of carbonyl (C=O) groups is 3. The lowest BCUT2D eigenvalue weighted by Gasteiger charge is -2.24. The third-order valence-corrected chi connectivity index (χ3v) is 5.36. The Morgan fingerprint density at radius 2 is 2.10 bits per heavy atom. The minimum absolute atomic E-state index is 0.166. The summed E-state index contributed by atoms with van der Waals surface area (Å²) in [6, 6.07) is 8.18. The van der Waals surface area contributed by atoms with Gasteiger partial charge in [-0.1, -0.05) is 12.1 Å². The molecule has 1 aliphatic rings. The molecule has 2 atom stereocenters. The number of thiophene rings is 1. The van der Waals surface area contributed by atoms with Gasteiger partial charge in [-0.05, 0) is 37.3 Å². The zero-order chi connectivity index (χ0) is 21.0. The molecule has 29 heavy (non-hydrogen) atoms. The first-order valence-electron chi connectivity index (χ1n) is 8.97. The number of nitro groups is 1. The molecule has 0 spiro atoms. The largest absolute Gasteiger partial charge is 0.451 e. The molecule has 2 aromatic rings. The first-order chi connectivity index (χ1) is 13.9. The van der Waals surface area contributed by atoms with Crippen molar-refractivity contribution in [3.63, 3.8) is 0 Å². The van der Waals surface area contributed by atoms with Crippen LogP contribution in [0.25, 0.3) is 0 Å². The quantitative estimate of drug-likeness (QED) is 0.439. The Morgan fingerprint density at radius 1 is 1.31 bits per heavy atom. The number of anilines is 1. The van der Waals surface area contributed by atoms with Crippen molar-refractivity contribution >= 4 is 40.5 Å². The van der Waals surface area contributed by atoms with Gasteiger partial charge in [0.2, 0.25) is 0 Å². The van der Waals surface area contributed by atoms with Crippen LogP contribution in [0.3, 0.4) is 0 Å². The van der Waals surface area contributed by atoms with E-state index in [2.05, 4.69) is 5.32 Å². The number of nitrogens with one attached hydrogen (secondary N) is 1. The second kappa shape index (κ2) is 8.82. The summed E-state index contributed by atoms with van der Waals surface area (Å²) in [5, 5.41) is 15.1. The molecular formula is C19H19N3O6S. The van der Waals surface area contributed by atoms with Gasteiger partial charge in [-0.25, -0.2) is 4.79 Å². The van der Waals surface area contributed by atoms with Gasteiger partial charge in [0, 0.05) is 24.4 Å². The third kappa shape index (κ3) is 4.77. The van der Waals surface area contributed by atoms with E-state index in [0.717, 1.165) is 0 Å². The number of carbonyl (C=O) groups excluding carboxylic acids is 3. The van der Waals surface area contributed by atoms with Crippen LogP contribution in [0.4, 0.5) is 11.4 Å². The fraction of sp³-hybridized carbons (Fsp3) is 0.316. The highest BCUT2D eigenvalue weighted by Gasteiger charge is 2.37. The van der Waals surface area contributed by atoms with Crippen LogP contribution in [-0.4, -0.2) is 46.3 Å². The highest BCUT2D eigenvalue weighted by Crippen LogP contribution is 2.24. The summed E-state index contributed by atoms with van der Waals surface area (Å²) in [5.74, 6) is -1.49. The van der Waals surface area contributed by atoms with E-state index in [9.17, 15) is 24.5 Å². The standard InChI is InChI=1S/C19H19N3O6S/c1-12(17(23)20-13-5-2-6-14(11-13)22(26)27)28-19(25)15-7-3-9-21(15)18(24)16-8-4-10-29-16/h2,4-6,8,10-12,15H,3,7,9H2,1H3,(H,20,23)/t12-,15-/m1/s1. The van der Waals surface area contributed by atoms with E-state index in [1.54, 1.807) is 17.5 Å². The summed E-state index contributed by atoms with van der Waals surface area (Å²) in [4.78, 5) is 49.7. The molecule has 0 aliphatic carbocycles. The van der Waals surface area contributed by atoms with Crippen LogP contribution < -0.4 is 5.32 Å². The molecule has 0 saturated carbocycles. The number of hydrogen-bond donors (Lipinski definition) is 1. The molecule has 2 amide bonds. The number of nitrogens with zero attached hydrogens (tertiary/aromatic N) is 2. The number of hydrogen-bond acceptors (Lipinski definition) is 7. The smallest absolute Gasteiger partial charge is 0.329 e. The molecule has 9 nitrogen and oxygen atoms in total. The van der Waals surface area contributed by atoms with Crippen LogP contribution in [0.5, 0.6) is 0 Å². The number of ether oxygens (including phenoxy) is 1. The molecular weight excluding hydrogens is 398 g/mol. The van der Waals surface area contributed by atoms with Crippen molar-refractivity contribution in [3.05, 3.63) is 56.8 Å². The number of benzene rings is 1. The van der Waals surface area contributed by atoms with Gasteiger partial charge < -0.3 is 15.0 Å². The first kappa shape index (κ1) is 20.5. The molecule has 0 radical (unpaired) electrons. The fourth-order valence-electron chi connectivity index (χ4n) is 3.04. The monoisotopic (exact) mass is 417 g/mol. The summed E-state index contributed by atoms with van der Waals surface area (Å²) in [6.45, 7) is 1.86. The molecule has 1 aliphatic heterocycles. The van der Waals surface area contributed by atoms with Gasteiger partial charge in [0.15, 0.2) is 6.10 Å². The average molecular weight is 417 g/mol. The molecule has 1 saturated heterocycles. The highest BCUT2D eigenvalue weighted by atomic mass is 32.1. The molecule has 0 unspecified atom stereocenters. The summed E-state index contributed by atoms with van der Waals surface area (Å²) in [7, 11) is 0. The summed E-state index contributed by atoms with van der Waals surface area (Å²) in [5.41, 5.74) is 0.0589. The van der Waals surface area contributed by atoms with Crippen molar-refractivity contribution in [2.24, 2.45) is 0 Å². The number of rotatable bonds is 6. The summed E-state index contributed by atoms with van der Waals surface area (Å²) >= 11 is 1.30. The molecule has 1 N–H and O–H groups in total. The lowest BCUT2D eigenvalue weighted by Crippen LogP contribution is -2.43. The van der Waals surface area contributed by atoms with Crippen molar-refractivity contribution in [1.82, 2.24) is 4.90 Å². The number of amides is 2. The van der Waals surface area contributed by atoms with Crippen molar-refractivity contribution in [2.45, 2.75) is 31.9 Å². The van der Waals surface area contributed by atoms with E-state index in [4.69, 9.17) is 4.74 Å². The van der Waals surface area contributed by atoms with Gasteiger partial charge in [0.1, 0.15) is 6.04 Å². The Labute approximate surface area is 170 Å². The molecule has 1 aromatic heterocycles. The van der Waals surface area contributed by atoms with Gasteiger partial charge in [0.25, 0.3) is 17.5 Å². The molecule has 1 aromatic carbocycles. The lowest BCUT2D eigenvalue weighted by atomic mass is 10.2. The molecule has 10 heteroatoms. The number of nitro benzene ring substituents is 1. The van der Waals surface area contributed by atoms with Crippen LogP contribution in [0, 0.1) is 10.1 Å². The van der Waals surface area contributed by atoms with Gasteiger partial charge in [-0.3, -0.25) is 19.7 Å². The predicted octanol–water partition coefficient (Wildman–Crippen LogP) is 2.83. The Balaban J connectivity index is 1.60. The Bertz CT molecular complexity index is 930. The van der Waals surface area contributed by atoms with Gasteiger partial charge in [-0.15, -0.1) is 11.3 Å². The number of esters is 1. The summed E-state index contributed by atoms with van der Waals surface area (Å²) < 4.78 is 5.27. The van der Waals surface area contributed by atoms with Crippen LogP contribution in [-0.2, 0) is 14.3 Å². The summed E-state index contributed by atoms with van der Waals surface area (Å²) in [6.07, 6.45) is 0.0152. The molecule has 1 fully saturated rings. The van der Waals surface area contributed by atoms with Crippen molar-refractivity contribution in [2.75, 3.05) is 11.9 Å². The second-order valence-electron chi connectivity index (χ2n) is 6.51. The van der Waals surface area contributed by atoms with Crippen LogP contribution >= 0.6 is 11.3 Å². The SMILES string of the molecule is C[C@@H](OC(=O)[C@H]1CCCN1C(=O)c1cccs1)C(=O)Nc1cccc([N+](=O)[O-])c1. The van der Waals surface area contributed by atoms with E-state index in [-0.39, 0.29) is 17.3 Å². The van der Waals surface area contributed by atoms with Crippen LogP contribution in [0.2, 0.25) is 0 Å². The molecule has 152 valence electrons. The van der Waals surface area contributed by atoms with Gasteiger partial charge in [-0.2, -0.15) is 0 Å². The number of likely N-dealkylation sites (tertiary alicyclic amines) is 1. The zero-order valence-corrected chi connectivity index (χ0v) is 16.4. The number of non-ortho nitro benzene ring substituents is 1. The highest BCUT2D eigenvalue weighted by molar-refractivity contribution is 7.12. The van der Waals surface area contributed by atoms with Crippen LogP contribution in [0.15, 0.2) is 41.8 Å². The van der Waals surface area contributed by atoms with E-state index < -0.39 is 28.9 Å². The average Bonchev–Trinajstić information content (AvgIpc) is 3.39. The van der Waals surface area contributed by atoms with E-state index >= 15 is 0 Å². The minimum atomic E-state index is -1.12. The Hall–Kier alpha value is -3.27.